The third-order valence-electron chi connectivity index (χ3n) is 3.47. The summed E-state index contributed by atoms with van der Waals surface area (Å²) in [5.74, 6) is -1.17. The highest BCUT2D eigenvalue weighted by molar-refractivity contribution is 5.90. The largest absolute Gasteiger partial charge is 0.478 e. The van der Waals surface area contributed by atoms with Gasteiger partial charge in [0.2, 0.25) is 0 Å². The predicted molar refractivity (Wildman–Crippen MR) is 72.4 cm³/mol. The predicted octanol–water partition coefficient (Wildman–Crippen LogP) is 1.83. The van der Waals surface area contributed by atoms with Crippen molar-refractivity contribution in [1.29, 1.82) is 0 Å². The molecule has 0 spiro atoms. The third kappa shape index (κ3) is 2.57. The van der Waals surface area contributed by atoms with Gasteiger partial charge < -0.3 is 14.7 Å². The number of hydrogen-bond donors (Lipinski definition) is 1. The molecule has 1 heterocycles. The number of nitro benzene ring substituents is 1. The highest BCUT2D eigenvalue weighted by Crippen LogP contribution is 2.32. The molecule has 0 saturated carbocycles. The number of carbonyl (C=O) groups is 1. The Hall–Kier alpha value is -2.15. The molecule has 1 fully saturated rings. The van der Waals surface area contributed by atoms with Crippen molar-refractivity contribution in [3.8, 4) is 0 Å². The molecule has 1 aromatic carbocycles. The standard InChI is InChI=1S/C13H16N2O5/c1-8-7-20-4-3-14(8)11-5-10(13(16)17)6-12(9(11)2)15(18)19/h5-6,8H,3-4,7H2,1-2H3,(H,16,17). The van der Waals surface area contributed by atoms with Crippen LogP contribution in [0.5, 0.6) is 0 Å². The highest BCUT2D eigenvalue weighted by atomic mass is 16.6. The number of ether oxygens (including phenoxy) is 1. The van der Waals surface area contributed by atoms with E-state index in [-0.39, 0.29) is 17.3 Å². The van der Waals surface area contributed by atoms with E-state index >= 15 is 0 Å². The molecular formula is C13H16N2O5. The first-order chi connectivity index (χ1) is 9.41. The molecule has 0 radical (unpaired) electrons. The van der Waals surface area contributed by atoms with Crippen LogP contribution in [-0.2, 0) is 4.74 Å². The summed E-state index contributed by atoms with van der Waals surface area (Å²) in [6.07, 6.45) is 0. The van der Waals surface area contributed by atoms with Gasteiger partial charge in [-0.25, -0.2) is 4.79 Å². The first kappa shape index (κ1) is 14.3. The maximum atomic E-state index is 11.1. The highest BCUT2D eigenvalue weighted by Gasteiger charge is 2.26. The molecule has 7 heteroatoms. The molecule has 2 rings (SSSR count). The Balaban J connectivity index is 2.55. The van der Waals surface area contributed by atoms with E-state index < -0.39 is 10.9 Å². The van der Waals surface area contributed by atoms with Gasteiger partial charge in [-0.3, -0.25) is 10.1 Å². The molecule has 1 N–H and O–H groups in total. The van der Waals surface area contributed by atoms with Gasteiger partial charge in [0.25, 0.3) is 5.69 Å². The van der Waals surface area contributed by atoms with E-state index in [4.69, 9.17) is 9.84 Å². The van der Waals surface area contributed by atoms with Crippen molar-refractivity contribution in [3.63, 3.8) is 0 Å². The lowest BCUT2D eigenvalue weighted by molar-refractivity contribution is -0.385. The molecule has 1 atom stereocenters. The lowest BCUT2D eigenvalue weighted by Gasteiger charge is -2.36. The quantitative estimate of drug-likeness (QED) is 0.670. The Morgan fingerprint density at radius 2 is 2.25 bits per heavy atom. The van der Waals surface area contributed by atoms with Crippen LogP contribution in [0.2, 0.25) is 0 Å². The van der Waals surface area contributed by atoms with Crippen molar-refractivity contribution in [3.05, 3.63) is 33.4 Å². The summed E-state index contributed by atoms with van der Waals surface area (Å²) in [6, 6.07) is 2.64. The van der Waals surface area contributed by atoms with Crippen LogP contribution in [0.3, 0.4) is 0 Å². The van der Waals surface area contributed by atoms with E-state index in [1.54, 1.807) is 6.92 Å². The van der Waals surface area contributed by atoms with Gasteiger partial charge in [-0.1, -0.05) is 0 Å². The summed E-state index contributed by atoms with van der Waals surface area (Å²) in [5, 5.41) is 20.2. The molecule has 108 valence electrons. The van der Waals surface area contributed by atoms with Gasteiger partial charge in [0.1, 0.15) is 0 Å². The Bertz CT molecular complexity index is 558. The summed E-state index contributed by atoms with van der Waals surface area (Å²) in [4.78, 5) is 23.6. The summed E-state index contributed by atoms with van der Waals surface area (Å²) >= 11 is 0. The van der Waals surface area contributed by atoms with Crippen LogP contribution >= 0.6 is 0 Å². The second kappa shape index (κ2) is 5.46. The van der Waals surface area contributed by atoms with Gasteiger partial charge in [0, 0.05) is 24.3 Å². The lowest BCUT2D eigenvalue weighted by Crippen LogP contribution is -2.44. The lowest BCUT2D eigenvalue weighted by atomic mass is 10.0. The number of nitro groups is 1. The fraction of sp³-hybridized carbons (Fsp3) is 0.462. The van der Waals surface area contributed by atoms with E-state index in [2.05, 4.69) is 0 Å². The second-order valence-electron chi connectivity index (χ2n) is 4.82. The molecule has 1 aliphatic rings. The van der Waals surface area contributed by atoms with Gasteiger partial charge in [0.05, 0.1) is 29.3 Å². The Kier molecular flexibility index (Phi) is 3.89. The zero-order valence-electron chi connectivity index (χ0n) is 11.3. The average molecular weight is 280 g/mol. The minimum absolute atomic E-state index is 0.0473. The van der Waals surface area contributed by atoms with Gasteiger partial charge in [-0.05, 0) is 19.9 Å². The van der Waals surface area contributed by atoms with Crippen molar-refractivity contribution in [2.45, 2.75) is 19.9 Å². The molecule has 0 aliphatic carbocycles. The molecule has 1 aliphatic heterocycles. The van der Waals surface area contributed by atoms with Crippen molar-refractivity contribution < 1.29 is 19.6 Å². The summed E-state index contributed by atoms with van der Waals surface area (Å²) < 4.78 is 5.34. The summed E-state index contributed by atoms with van der Waals surface area (Å²) in [7, 11) is 0. The van der Waals surface area contributed by atoms with Gasteiger partial charge in [-0.15, -0.1) is 0 Å². The van der Waals surface area contributed by atoms with Crippen LogP contribution in [0.4, 0.5) is 11.4 Å². The van der Waals surface area contributed by atoms with E-state index in [1.807, 2.05) is 11.8 Å². The molecule has 0 bridgehead atoms. The molecular weight excluding hydrogens is 264 g/mol. The second-order valence-corrected chi connectivity index (χ2v) is 4.82. The van der Waals surface area contributed by atoms with Crippen LogP contribution in [-0.4, -0.2) is 41.8 Å². The Labute approximate surface area is 115 Å². The van der Waals surface area contributed by atoms with Crippen LogP contribution < -0.4 is 4.90 Å². The molecule has 1 aromatic rings. The summed E-state index contributed by atoms with van der Waals surface area (Å²) in [5.41, 5.74) is 0.829. The molecule has 0 amide bonds. The van der Waals surface area contributed by atoms with Crippen LogP contribution in [0.15, 0.2) is 12.1 Å². The minimum atomic E-state index is -1.17. The number of carboxylic acid groups (broad SMARTS) is 1. The van der Waals surface area contributed by atoms with Gasteiger partial charge in [-0.2, -0.15) is 0 Å². The number of morpholine rings is 1. The number of nitrogens with zero attached hydrogens (tertiary/aromatic N) is 2. The number of rotatable bonds is 3. The monoisotopic (exact) mass is 280 g/mol. The molecule has 1 unspecified atom stereocenters. The van der Waals surface area contributed by atoms with E-state index in [0.29, 0.717) is 31.0 Å². The third-order valence-corrected chi connectivity index (χ3v) is 3.47. The average Bonchev–Trinajstić information content (AvgIpc) is 2.39. The first-order valence-corrected chi connectivity index (χ1v) is 6.28. The smallest absolute Gasteiger partial charge is 0.336 e. The zero-order valence-corrected chi connectivity index (χ0v) is 11.3. The van der Waals surface area contributed by atoms with Gasteiger partial charge in [0.15, 0.2) is 0 Å². The molecule has 0 aromatic heterocycles. The van der Waals surface area contributed by atoms with E-state index in [9.17, 15) is 14.9 Å². The van der Waals surface area contributed by atoms with Crippen LogP contribution in [0.25, 0.3) is 0 Å². The Morgan fingerprint density at radius 1 is 1.55 bits per heavy atom. The van der Waals surface area contributed by atoms with Crippen molar-refractivity contribution in [1.82, 2.24) is 0 Å². The maximum absolute atomic E-state index is 11.1. The topological polar surface area (TPSA) is 92.9 Å². The summed E-state index contributed by atoms with van der Waals surface area (Å²) in [6.45, 7) is 5.21. The van der Waals surface area contributed by atoms with Crippen molar-refractivity contribution >= 4 is 17.3 Å². The zero-order chi connectivity index (χ0) is 14.9. The number of anilines is 1. The van der Waals surface area contributed by atoms with Crippen molar-refractivity contribution in [2.24, 2.45) is 0 Å². The Morgan fingerprint density at radius 3 is 2.80 bits per heavy atom. The maximum Gasteiger partial charge on any atom is 0.336 e. The number of hydrogen-bond acceptors (Lipinski definition) is 5. The van der Waals surface area contributed by atoms with Crippen LogP contribution in [0, 0.1) is 17.0 Å². The first-order valence-electron chi connectivity index (χ1n) is 6.28. The van der Waals surface area contributed by atoms with E-state index in [1.165, 1.54) is 6.07 Å². The molecule has 1 saturated heterocycles. The molecule has 20 heavy (non-hydrogen) atoms. The number of benzene rings is 1. The minimum Gasteiger partial charge on any atom is -0.478 e. The fourth-order valence-electron chi connectivity index (χ4n) is 2.38. The fourth-order valence-corrected chi connectivity index (χ4v) is 2.38. The van der Waals surface area contributed by atoms with Gasteiger partial charge >= 0.3 is 5.97 Å². The van der Waals surface area contributed by atoms with Crippen LogP contribution in [0.1, 0.15) is 22.8 Å². The number of carboxylic acids is 1. The number of aromatic carboxylic acids is 1. The van der Waals surface area contributed by atoms with Crippen molar-refractivity contribution in [2.75, 3.05) is 24.7 Å². The molecule has 7 nitrogen and oxygen atoms in total. The van der Waals surface area contributed by atoms with E-state index in [0.717, 1.165) is 6.07 Å². The SMILES string of the molecule is Cc1c(N2CCOCC2C)cc(C(=O)O)cc1[N+](=O)[O-]. The normalized spacial score (nSPS) is 18.9.